The van der Waals surface area contributed by atoms with E-state index in [0.717, 1.165) is 16.3 Å². The van der Waals surface area contributed by atoms with Crippen molar-refractivity contribution in [3.8, 4) is 0 Å². The Morgan fingerprint density at radius 2 is 1.58 bits per heavy atom. The molecule has 0 saturated carbocycles. The van der Waals surface area contributed by atoms with Crippen molar-refractivity contribution in [1.29, 1.82) is 0 Å². The van der Waals surface area contributed by atoms with Gasteiger partial charge in [0.15, 0.2) is 0 Å². The molecule has 2 amide bonds. The Kier molecular flexibility index (Phi) is 3.50. The predicted molar refractivity (Wildman–Crippen MR) is 94.0 cm³/mol. The van der Waals surface area contributed by atoms with Gasteiger partial charge in [0.2, 0.25) is 5.91 Å². The highest BCUT2D eigenvalue weighted by atomic mass is 16.2. The van der Waals surface area contributed by atoms with Crippen LogP contribution < -0.4 is 10.6 Å². The van der Waals surface area contributed by atoms with Crippen LogP contribution in [0.5, 0.6) is 0 Å². The Labute approximate surface area is 139 Å². The maximum absolute atomic E-state index is 12.6. The fourth-order valence-corrected chi connectivity index (χ4v) is 3.10. The number of benzene rings is 3. The summed E-state index contributed by atoms with van der Waals surface area (Å²) in [6.45, 7) is 0. The molecule has 1 heterocycles. The molecule has 1 atom stereocenters. The summed E-state index contributed by atoms with van der Waals surface area (Å²) in [5.74, 6) is -0.419. The SMILES string of the molecule is O=C1NC(Cc2ccccc2)C(=O)Nc2c1ccc1ccccc21. The Morgan fingerprint density at radius 3 is 2.42 bits per heavy atom. The lowest BCUT2D eigenvalue weighted by Gasteiger charge is -2.14. The molecule has 0 bridgehead atoms. The lowest BCUT2D eigenvalue weighted by molar-refractivity contribution is -0.117. The van der Waals surface area contributed by atoms with Crippen LogP contribution >= 0.6 is 0 Å². The van der Waals surface area contributed by atoms with Crippen LogP contribution in [0.4, 0.5) is 5.69 Å². The maximum atomic E-state index is 12.6. The van der Waals surface area contributed by atoms with Gasteiger partial charge in [0.05, 0.1) is 11.3 Å². The van der Waals surface area contributed by atoms with Crippen molar-refractivity contribution in [3.63, 3.8) is 0 Å². The highest BCUT2D eigenvalue weighted by molar-refractivity contribution is 6.16. The number of rotatable bonds is 2. The van der Waals surface area contributed by atoms with E-state index in [1.807, 2.05) is 60.7 Å². The number of anilines is 1. The Morgan fingerprint density at radius 1 is 0.833 bits per heavy atom. The predicted octanol–water partition coefficient (Wildman–Crippen LogP) is 3.13. The molecule has 1 aliphatic heterocycles. The fourth-order valence-electron chi connectivity index (χ4n) is 3.10. The number of carbonyl (C=O) groups is 2. The molecule has 4 nitrogen and oxygen atoms in total. The van der Waals surface area contributed by atoms with Crippen molar-refractivity contribution in [2.75, 3.05) is 5.32 Å². The zero-order chi connectivity index (χ0) is 16.5. The van der Waals surface area contributed by atoms with Gasteiger partial charge in [0.25, 0.3) is 5.91 Å². The average molecular weight is 316 g/mol. The third kappa shape index (κ3) is 2.52. The second-order valence-electron chi connectivity index (χ2n) is 5.91. The zero-order valence-corrected chi connectivity index (χ0v) is 13.0. The van der Waals surface area contributed by atoms with E-state index in [1.165, 1.54) is 0 Å². The van der Waals surface area contributed by atoms with Crippen molar-refractivity contribution in [2.24, 2.45) is 0 Å². The van der Waals surface area contributed by atoms with Gasteiger partial charge in [-0.3, -0.25) is 9.59 Å². The summed E-state index contributed by atoms with van der Waals surface area (Å²) in [6.07, 6.45) is 0.463. The second kappa shape index (κ2) is 5.81. The quantitative estimate of drug-likeness (QED) is 0.763. The second-order valence-corrected chi connectivity index (χ2v) is 5.91. The van der Waals surface area contributed by atoms with Gasteiger partial charge < -0.3 is 10.6 Å². The summed E-state index contributed by atoms with van der Waals surface area (Å²) >= 11 is 0. The normalized spacial score (nSPS) is 16.9. The van der Waals surface area contributed by atoms with Gasteiger partial charge in [-0.25, -0.2) is 0 Å². The number of hydrogen-bond donors (Lipinski definition) is 2. The largest absolute Gasteiger partial charge is 0.340 e. The fraction of sp³-hybridized carbons (Fsp3) is 0.100. The van der Waals surface area contributed by atoms with Crippen molar-refractivity contribution in [1.82, 2.24) is 5.32 Å². The van der Waals surface area contributed by atoms with Gasteiger partial charge in [-0.2, -0.15) is 0 Å². The van der Waals surface area contributed by atoms with Crippen LogP contribution in [0.2, 0.25) is 0 Å². The number of nitrogens with one attached hydrogen (secondary N) is 2. The lowest BCUT2D eigenvalue weighted by atomic mass is 10.0. The molecule has 0 saturated heterocycles. The summed E-state index contributed by atoms with van der Waals surface area (Å²) < 4.78 is 0. The topological polar surface area (TPSA) is 58.2 Å². The molecule has 4 heteroatoms. The van der Waals surface area contributed by atoms with Crippen LogP contribution in [0.25, 0.3) is 10.8 Å². The highest BCUT2D eigenvalue weighted by Crippen LogP contribution is 2.29. The molecule has 4 rings (SSSR count). The van der Waals surface area contributed by atoms with Gasteiger partial charge in [0, 0.05) is 11.8 Å². The first-order chi connectivity index (χ1) is 11.7. The summed E-state index contributed by atoms with van der Waals surface area (Å²) in [4.78, 5) is 25.2. The molecule has 24 heavy (non-hydrogen) atoms. The van der Waals surface area contributed by atoms with Crippen LogP contribution in [-0.4, -0.2) is 17.9 Å². The minimum absolute atomic E-state index is 0.192. The van der Waals surface area contributed by atoms with Gasteiger partial charge >= 0.3 is 0 Å². The Balaban J connectivity index is 1.73. The summed E-state index contributed by atoms with van der Waals surface area (Å²) in [7, 11) is 0. The summed E-state index contributed by atoms with van der Waals surface area (Å²) in [6, 6.07) is 20.5. The van der Waals surface area contributed by atoms with Crippen LogP contribution in [-0.2, 0) is 11.2 Å². The Hall–Kier alpha value is -3.14. The van der Waals surface area contributed by atoms with E-state index in [0.29, 0.717) is 17.7 Å². The molecular formula is C20H16N2O2. The van der Waals surface area contributed by atoms with Crippen LogP contribution in [0.3, 0.4) is 0 Å². The summed E-state index contributed by atoms with van der Waals surface area (Å²) in [5.41, 5.74) is 2.09. The van der Waals surface area contributed by atoms with E-state index in [9.17, 15) is 9.59 Å². The van der Waals surface area contributed by atoms with Gasteiger partial charge in [-0.05, 0) is 17.0 Å². The van der Waals surface area contributed by atoms with E-state index in [2.05, 4.69) is 10.6 Å². The molecule has 1 unspecified atom stereocenters. The lowest BCUT2D eigenvalue weighted by Crippen LogP contribution is -2.42. The van der Waals surface area contributed by atoms with E-state index < -0.39 is 6.04 Å². The zero-order valence-electron chi connectivity index (χ0n) is 13.0. The molecule has 3 aromatic rings. The highest BCUT2D eigenvalue weighted by Gasteiger charge is 2.28. The van der Waals surface area contributed by atoms with Crippen LogP contribution in [0.1, 0.15) is 15.9 Å². The van der Waals surface area contributed by atoms with E-state index in [1.54, 1.807) is 6.07 Å². The van der Waals surface area contributed by atoms with Crippen LogP contribution in [0, 0.1) is 0 Å². The molecule has 2 N–H and O–H groups in total. The molecule has 0 aliphatic carbocycles. The smallest absolute Gasteiger partial charge is 0.254 e. The third-order valence-electron chi connectivity index (χ3n) is 4.33. The number of amides is 2. The van der Waals surface area contributed by atoms with Crippen molar-refractivity contribution >= 4 is 28.3 Å². The number of carbonyl (C=O) groups excluding carboxylic acids is 2. The molecule has 0 radical (unpaired) electrons. The number of hydrogen-bond acceptors (Lipinski definition) is 2. The monoisotopic (exact) mass is 316 g/mol. The standard InChI is InChI=1S/C20H16N2O2/c23-19-16-11-10-14-8-4-5-9-15(14)18(16)22-20(24)17(21-19)12-13-6-2-1-3-7-13/h1-11,17H,12H2,(H,21,23)(H,22,24). The number of fused-ring (bicyclic) bond motifs is 3. The first-order valence-corrected chi connectivity index (χ1v) is 7.90. The molecule has 0 aromatic heterocycles. The summed E-state index contributed by atoms with van der Waals surface area (Å²) in [5, 5.41) is 7.66. The third-order valence-corrected chi connectivity index (χ3v) is 4.33. The van der Waals surface area contributed by atoms with E-state index in [4.69, 9.17) is 0 Å². The molecule has 0 fully saturated rings. The van der Waals surface area contributed by atoms with Crippen molar-refractivity contribution in [2.45, 2.75) is 12.5 Å². The molecule has 1 aliphatic rings. The minimum atomic E-state index is -0.592. The van der Waals surface area contributed by atoms with Crippen LogP contribution in [0.15, 0.2) is 66.7 Å². The molecule has 3 aromatic carbocycles. The van der Waals surface area contributed by atoms with E-state index >= 15 is 0 Å². The van der Waals surface area contributed by atoms with E-state index in [-0.39, 0.29) is 11.8 Å². The van der Waals surface area contributed by atoms with Crippen molar-refractivity contribution < 1.29 is 9.59 Å². The molecule has 118 valence electrons. The van der Waals surface area contributed by atoms with Gasteiger partial charge in [-0.1, -0.05) is 60.7 Å². The van der Waals surface area contributed by atoms with Gasteiger partial charge in [0.1, 0.15) is 6.04 Å². The Bertz CT molecular complexity index is 935. The molecule has 0 spiro atoms. The maximum Gasteiger partial charge on any atom is 0.254 e. The minimum Gasteiger partial charge on any atom is -0.340 e. The van der Waals surface area contributed by atoms with Crippen molar-refractivity contribution in [3.05, 3.63) is 77.9 Å². The first-order valence-electron chi connectivity index (χ1n) is 7.90. The molecular weight excluding hydrogens is 300 g/mol. The first kappa shape index (κ1) is 14.5. The van der Waals surface area contributed by atoms with Gasteiger partial charge in [-0.15, -0.1) is 0 Å². The average Bonchev–Trinajstić information content (AvgIpc) is 2.73.